The SMILES string of the molecule is Cn1cnnc1Sc1ccc(CN2CCCC(O)(CO)C2)o1. The molecule has 3 rings (SSSR count). The Kier molecular flexibility index (Phi) is 4.53. The fourth-order valence-electron chi connectivity index (χ4n) is 2.64. The Hall–Kier alpha value is -1.35. The van der Waals surface area contributed by atoms with Crippen LogP contribution in [0.2, 0.25) is 0 Å². The van der Waals surface area contributed by atoms with Gasteiger partial charge >= 0.3 is 0 Å². The molecule has 1 aliphatic heterocycles. The van der Waals surface area contributed by atoms with Crippen LogP contribution in [-0.2, 0) is 13.6 Å². The van der Waals surface area contributed by atoms with Crippen LogP contribution < -0.4 is 0 Å². The normalized spacial score (nSPS) is 23.0. The van der Waals surface area contributed by atoms with Gasteiger partial charge in [0.15, 0.2) is 10.2 Å². The predicted molar refractivity (Wildman–Crippen MR) is 80.4 cm³/mol. The predicted octanol–water partition coefficient (Wildman–Crippen LogP) is 0.878. The van der Waals surface area contributed by atoms with Gasteiger partial charge in [-0.05, 0) is 43.3 Å². The Balaban J connectivity index is 1.61. The van der Waals surface area contributed by atoms with E-state index in [1.54, 1.807) is 6.33 Å². The number of piperidine rings is 1. The zero-order valence-corrected chi connectivity index (χ0v) is 13.3. The first-order valence-corrected chi connectivity index (χ1v) is 8.06. The van der Waals surface area contributed by atoms with Crippen LogP contribution in [-0.4, -0.2) is 55.2 Å². The van der Waals surface area contributed by atoms with Crippen LogP contribution >= 0.6 is 11.8 Å². The molecule has 1 aliphatic rings. The quantitative estimate of drug-likeness (QED) is 0.844. The van der Waals surface area contributed by atoms with Gasteiger partial charge in [-0.15, -0.1) is 10.2 Å². The maximum absolute atomic E-state index is 10.2. The molecule has 7 nitrogen and oxygen atoms in total. The maximum atomic E-state index is 10.2. The van der Waals surface area contributed by atoms with Crippen molar-refractivity contribution in [3.05, 3.63) is 24.2 Å². The first kappa shape index (κ1) is 15.5. The standard InChI is InChI=1S/C14H20N4O3S/c1-17-10-15-16-13(17)22-12-4-3-11(21-12)7-18-6-2-5-14(20,8-18)9-19/h3-4,10,19-20H,2,5-9H2,1H3. The Labute approximate surface area is 132 Å². The van der Waals surface area contributed by atoms with Crippen LogP contribution in [0, 0.1) is 0 Å². The zero-order valence-electron chi connectivity index (χ0n) is 12.5. The lowest BCUT2D eigenvalue weighted by Gasteiger charge is -2.37. The van der Waals surface area contributed by atoms with Crippen LogP contribution in [0.5, 0.6) is 0 Å². The van der Waals surface area contributed by atoms with Crippen LogP contribution in [0.4, 0.5) is 0 Å². The molecule has 2 aromatic rings. The lowest BCUT2D eigenvalue weighted by Crippen LogP contribution is -2.49. The molecule has 1 saturated heterocycles. The first-order chi connectivity index (χ1) is 10.6. The molecule has 2 N–H and O–H groups in total. The third-order valence-corrected chi connectivity index (χ3v) is 4.78. The minimum absolute atomic E-state index is 0.199. The minimum atomic E-state index is -0.985. The number of nitrogens with zero attached hydrogens (tertiary/aromatic N) is 4. The zero-order chi connectivity index (χ0) is 15.6. The van der Waals surface area contributed by atoms with Crippen molar-refractivity contribution in [2.24, 2.45) is 7.05 Å². The van der Waals surface area contributed by atoms with Crippen LogP contribution in [0.3, 0.4) is 0 Å². The molecular formula is C14H20N4O3S. The highest BCUT2D eigenvalue weighted by molar-refractivity contribution is 7.99. The third kappa shape index (κ3) is 3.52. The van der Waals surface area contributed by atoms with Gasteiger partial charge in [0.05, 0.1) is 13.2 Å². The Morgan fingerprint density at radius 1 is 1.45 bits per heavy atom. The highest BCUT2D eigenvalue weighted by Gasteiger charge is 2.32. The number of rotatable bonds is 5. The lowest BCUT2D eigenvalue weighted by molar-refractivity contribution is -0.0698. The number of likely N-dealkylation sites (tertiary alicyclic amines) is 1. The van der Waals surface area contributed by atoms with Crippen molar-refractivity contribution in [3.63, 3.8) is 0 Å². The lowest BCUT2D eigenvalue weighted by atomic mass is 9.94. The summed E-state index contributed by atoms with van der Waals surface area (Å²) in [6, 6.07) is 3.85. The summed E-state index contributed by atoms with van der Waals surface area (Å²) in [6.45, 7) is 1.79. The van der Waals surface area contributed by atoms with Crippen molar-refractivity contribution in [2.45, 2.75) is 35.2 Å². The molecule has 120 valence electrons. The van der Waals surface area contributed by atoms with E-state index >= 15 is 0 Å². The van der Waals surface area contributed by atoms with E-state index in [0.717, 1.165) is 29.0 Å². The Morgan fingerprint density at radius 2 is 2.32 bits per heavy atom. The van der Waals surface area contributed by atoms with E-state index in [9.17, 15) is 10.2 Å². The van der Waals surface area contributed by atoms with E-state index in [1.165, 1.54) is 11.8 Å². The summed E-state index contributed by atoms with van der Waals surface area (Å²) >= 11 is 1.42. The number of β-amino-alcohol motifs (C(OH)–C–C–N with tert-alkyl or cyclic N) is 1. The van der Waals surface area contributed by atoms with Gasteiger partial charge in [-0.3, -0.25) is 4.90 Å². The van der Waals surface area contributed by atoms with Crippen LogP contribution in [0.25, 0.3) is 0 Å². The van der Waals surface area contributed by atoms with Crippen LogP contribution in [0.1, 0.15) is 18.6 Å². The molecule has 0 radical (unpaired) electrons. The highest BCUT2D eigenvalue weighted by atomic mass is 32.2. The minimum Gasteiger partial charge on any atom is -0.453 e. The number of hydrogen-bond donors (Lipinski definition) is 2. The van der Waals surface area contributed by atoms with Crippen molar-refractivity contribution >= 4 is 11.8 Å². The number of furan rings is 1. The molecule has 0 spiro atoms. The monoisotopic (exact) mass is 324 g/mol. The van der Waals surface area contributed by atoms with E-state index in [0.29, 0.717) is 19.5 Å². The average Bonchev–Trinajstić information content (AvgIpc) is 3.10. The topological polar surface area (TPSA) is 87.6 Å². The second-order valence-corrected chi connectivity index (χ2v) is 6.72. The van der Waals surface area contributed by atoms with Crippen molar-refractivity contribution in [1.82, 2.24) is 19.7 Å². The van der Waals surface area contributed by atoms with Crippen molar-refractivity contribution in [2.75, 3.05) is 19.7 Å². The second-order valence-electron chi connectivity index (χ2n) is 5.74. The number of aryl methyl sites for hydroxylation is 1. The molecule has 1 fully saturated rings. The van der Waals surface area contributed by atoms with Crippen molar-refractivity contribution in [3.8, 4) is 0 Å². The van der Waals surface area contributed by atoms with E-state index in [-0.39, 0.29) is 6.61 Å². The molecule has 22 heavy (non-hydrogen) atoms. The summed E-state index contributed by atoms with van der Waals surface area (Å²) in [5, 5.41) is 28.9. The average molecular weight is 324 g/mol. The van der Waals surface area contributed by atoms with E-state index < -0.39 is 5.60 Å². The Morgan fingerprint density at radius 3 is 3.05 bits per heavy atom. The number of aromatic nitrogens is 3. The van der Waals surface area contributed by atoms with Crippen LogP contribution in [0.15, 0.2) is 33.1 Å². The van der Waals surface area contributed by atoms with Gasteiger partial charge < -0.3 is 19.2 Å². The molecule has 1 unspecified atom stereocenters. The molecule has 3 heterocycles. The van der Waals surface area contributed by atoms with Gasteiger partial charge in [0.25, 0.3) is 0 Å². The van der Waals surface area contributed by atoms with Gasteiger partial charge in [0.1, 0.15) is 17.7 Å². The molecule has 2 aromatic heterocycles. The summed E-state index contributed by atoms with van der Waals surface area (Å²) in [5.41, 5.74) is -0.985. The molecule has 0 bridgehead atoms. The smallest absolute Gasteiger partial charge is 0.198 e. The molecule has 8 heteroatoms. The van der Waals surface area contributed by atoms with E-state index in [1.807, 2.05) is 23.7 Å². The Bertz CT molecular complexity index is 629. The van der Waals surface area contributed by atoms with Crippen molar-refractivity contribution in [1.29, 1.82) is 0 Å². The second kappa shape index (κ2) is 6.41. The van der Waals surface area contributed by atoms with Gasteiger partial charge in [0.2, 0.25) is 0 Å². The summed E-state index contributed by atoms with van der Waals surface area (Å²) in [7, 11) is 1.88. The first-order valence-electron chi connectivity index (χ1n) is 7.24. The fourth-order valence-corrected chi connectivity index (χ4v) is 3.39. The van der Waals surface area contributed by atoms with Gasteiger partial charge in [0, 0.05) is 13.6 Å². The number of aliphatic hydroxyl groups is 2. The van der Waals surface area contributed by atoms with Crippen molar-refractivity contribution < 1.29 is 14.6 Å². The third-order valence-electron chi connectivity index (χ3n) is 3.81. The van der Waals surface area contributed by atoms with Gasteiger partial charge in [-0.2, -0.15) is 0 Å². The van der Waals surface area contributed by atoms with Gasteiger partial charge in [-0.1, -0.05) is 0 Å². The molecule has 1 atom stereocenters. The molecule has 0 aromatic carbocycles. The summed E-state index contributed by atoms with van der Waals surface area (Å²) in [5.74, 6) is 0.840. The van der Waals surface area contributed by atoms with E-state index in [4.69, 9.17) is 4.42 Å². The highest BCUT2D eigenvalue weighted by Crippen LogP contribution is 2.28. The summed E-state index contributed by atoms with van der Waals surface area (Å²) < 4.78 is 7.64. The largest absolute Gasteiger partial charge is 0.453 e. The maximum Gasteiger partial charge on any atom is 0.198 e. The fraction of sp³-hybridized carbons (Fsp3) is 0.571. The molecular weight excluding hydrogens is 304 g/mol. The number of aliphatic hydroxyl groups excluding tert-OH is 1. The summed E-state index contributed by atoms with van der Waals surface area (Å²) in [4.78, 5) is 2.11. The van der Waals surface area contributed by atoms with E-state index in [2.05, 4.69) is 15.1 Å². The summed E-state index contributed by atoms with van der Waals surface area (Å²) in [6.07, 6.45) is 3.17. The number of hydrogen-bond acceptors (Lipinski definition) is 7. The molecule has 0 aliphatic carbocycles. The molecule has 0 saturated carbocycles. The molecule has 0 amide bonds. The van der Waals surface area contributed by atoms with Gasteiger partial charge in [-0.25, -0.2) is 0 Å².